The lowest BCUT2D eigenvalue weighted by molar-refractivity contribution is 0.0128. The fraction of sp³-hybridized carbons (Fsp3) is 0.889. The molecule has 5 nitrogen and oxygen atoms in total. The van der Waals surface area contributed by atoms with Crippen molar-refractivity contribution in [1.82, 2.24) is 15.5 Å². The zero-order valence-electron chi connectivity index (χ0n) is 8.84. The Labute approximate surface area is 84.5 Å². The van der Waals surface area contributed by atoms with E-state index in [9.17, 15) is 9.90 Å². The predicted octanol–water partition coefficient (Wildman–Crippen LogP) is -0.628. The fourth-order valence-corrected chi connectivity index (χ4v) is 1.47. The lowest BCUT2D eigenvalue weighted by Crippen LogP contribution is -2.51. The summed E-state index contributed by atoms with van der Waals surface area (Å²) in [5.41, 5.74) is -0.725. The number of hydrogen-bond donors (Lipinski definition) is 3. The van der Waals surface area contributed by atoms with Crippen LogP contribution >= 0.6 is 0 Å². The third kappa shape index (κ3) is 3.16. The van der Waals surface area contributed by atoms with Gasteiger partial charge in [0.2, 0.25) is 0 Å². The SMILES string of the molecule is CN(C)C(=O)NCC1(O)CCNCC1. The molecule has 1 rings (SSSR count). The van der Waals surface area contributed by atoms with E-state index in [-0.39, 0.29) is 6.03 Å². The van der Waals surface area contributed by atoms with Crippen LogP contribution in [0.1, 0.15) is 12.8 Å². The zero-order chi connectivity index (χ0) is 10.6. The van der Waals surface area contributed by atoms with Crippen molar-refractivity contribution in [3.05, 3.63) is 0 Å². The van der Waals surface area contributed by atoms with Crippen molar-refractivity contribution in [2.24, 2.45) is 0 Å². The summed E-state index contributed by atoms with van der Waals surface area (Å²) in [5.74, 6) is 0. The normalized spacial score (nSPS) is 20.2. The van der Waals surface area contributed by atoms with Gasteiger partial charge in [-0.3, -0.25) is 0 Å². The Morgan fingerprint density at radius 1 is 1.50 bits per heavy atom. The highest BCUT2D eigenvalue weighted by molar-refractivity contribution is 5.73. The van der Waals surface area contributed by atoms with Crippen molar-refractivity contribution >= 4 is 6.03 Å². The second-order valence-electron chi connectivity index (χ2n) is 4.03. The van der Waals surface area contributed by atoms with E-state index in [4.69, 9.17) is 0 Å². The molecule has 1 aliphatic rings. The lowest BCUT2D eigenvalue weighted by Gasteiger charge is -2.32. The second kappa shape index (κ2) is 4.61. The molecule has 1 fully saturated rings. The molecule has 0 spiro atoms. The zero-order valence-corrected chi connectivity index (χ0v) is 8.84. The van der Waals surface area contributed by atoms with Gasteiger partial charge in [-0.1, -0.05) is 0 Å². The van der Waals surface area contributed by atoms with Crippen LogP contribution in [0.2, 0.25) is 0 Å². The molecule has 0 aromatic carbocycles. The first-order chi connectivity index (χ1) is 6.53. The van der Waals surface area contributed by atoms with Gasteiger partial charge in [0.25, 0.3) is 0 Å². The minimum absolute atomic E-state index is 0.156. The third-order valence-corrected chi connectivity index (χ3v) is 2.51. The molecule has 0 aromatic heterocycles. The van der Waals surface area contributed by atoms with Gasteiger partial charge in [0.05, 0.1) is 5.60 Å². The molecule has 0 unspecified atom stereocenters. The van der Waals surface area contributed by atoms with Crippen molar-refractivity contribution < 1.29 is 9.90 Å². The summed E-state index contributed by atoms with van der Waals surface area (Å²) >= 11 is 0. The molecule has 0 aromatic rings. The van der Waals surface area contributed by atoms with Crippen molar-refractivity contribution in [2.45, 2.75) is 18.4 Å². The summed E-state index contributed by atoms with van der Waals surface area (Å²) < 4.78 is 0. The highest BCUT2D eigenvalue weighted by atomic mass is 16.3. The minimum Gasteiger partial charge on any atom is -0.388 e. The summed E-state index contributed by atoms with van der Waals surface area (Å²) in [6, 6.07) is -0.156. The van der Waals surface area contributed by atoms with Crippen molar-refractivity contribution in [3.63, 3.8) is 0 Å². The maximum atomic E-state index is 11.2. The van der Waals surface area contributed by atoms with Gasteiger partial charge in [-0.15, -0.1) is 0 Å². The van der Waals surface area contributed by atoms with E-state index in [1.54, 1.807) is 14.1 Å². The molecule has 82 valence electrons. The van der Waals surface area contributed by atoms with E-state index in [1.165, 1.54) is 4.90 Å². The van der Waals surface area contributed by atoms with Crippen LogP contribution in [0.5, 0.6) is 0 Å². The van der Waals surface area contributed by atoms with Gasteiger partial charge in [0, 0.05) is 20.6 Å². The minimum atomic E-state index is -0.725. The van der Waals surface area contributed by atoms with Crippen molar-refractivity contribution in [3.8, 4) is 0 Å². The maximum Gasteiger partial charge on any atom is 0.316 e. The van der Waals surface area contributed by atoms with Crippen molar-refractivity contribution in [1.29, 1.82) is 0 Å². The largest absolute Gasteiger partial charge is 0.388 e. The molecule has 1 aliphatic heterocycles. The molecule has 3 N–H and O–H groups in total. The Kier molecular flexibility index (Phi) is 3.71. The number of rotatable bonds is 2. The maximum absolute atomic E-state index is 11.2. The van der Waals surface area contributed by atoms with E-state index >= 15 is 0 Å². The molecule has 1 saturated heterocycles. The number of carbonyl (C=O) groups excluding carboxylic acids is 1. The summed E-state index contributed by atoms with van der Waals surface area (Å²) in [4.78, 5) is 12.7. The van der Waals surface area contributed by atoms with Gasteiger partial charge in [0.1, 0.15) is 0 Å². The molecule has 14 heavy (non-hydrogen) atoms. The molecule has 0 bridgehead atoms. The number of carbonyl (C=O) groups is 1. The Bertz CT molecular complexity index is 200. The van der Waals surface area contributed by atoms with Crippen LogP contribution in [0.25, 0.3) is 0 Å². The lowest BCUT2D eigenvalue weighted by atomic mass is 9.92. The van der Waals surface area contributed by atoms with Gasteiger partial charge in [-0.2, -0.15) is 0 Å². The fourth-order valence-electron chi connectivity index (χ4n) is 1.47. The first-order valence-electron chi connectivity index (χ1n) is 4.92. The number of aliphatic hydroxyl groups is 1. The topological polar surface area (TPSA) is 64.6 Å². The first-order valence-corrected chi connectivity index (χ1v) is 4.92. The first kappa shape index (κ1) is 11.3. The summed E-state index contributed by atoms with van der Waals surface area (Å²) in [7, 11) is 3.36. The van der Waals surface area contributed by atoms with E-state index in [0.717, 1.165) is 13.1 Å². The summed E-state index contributed by atoms with van der Waals surface area (Å²) in [6.45, 7) is 1.97. The van der Waals surface area contributed by atoms with Gasteiger partial charge >= 0.3 is 6.03 Å². The van der Waals surface area contributed by atoms with Crippen LogP contribution in [0.4, 0.5) is 4.79 Å². The molecule has 5 heteroatoms. The molecule has 0 atom stereocenters. The highest BCUT2D eigenvalue weighted by Crippen LogP contribution is 2.16. The van der Waals surface area contributed by atoms with Crippen LogP contribution in [0, 0.1) is 0 Å². The van der Waals surface area contributed by atoms with Gasteiger partial charge in [0.15, 0.2) is 0 Å². The molecule has 0 radical (unpaired) electrons. The molecule has 0 saturated carbocycles. The molecule has 0 aliphatic carbocycles. The van der Waals surface area contributed by atoms with Crippen LogP contribution < -0.4 is 10.6 Å². The highest BCUT2D eigenvalue weighted by Gasteiger charge is 2.29. The number of piperidine rings is 1. The standard InChI is InChI=1S/C9H19N3O2/c1-12(2)8(13)11-7-9(14)3-5-10-6-4-9/h10,14H,3-7H2,1-2H3,(H,11,13). The van der Waals surface area contributed by atoms with Crippen LogP contribution in [-0.2, 0) is 0 Å². The van der Waals surface area contributed by atoms with Crippen LogP contribution in [0.15, 0.2) is 0 Å². The Hall–Kier alpha value is -0.810. The number of nitrogens with zero attached hydrogens (tertiary/aromatic N) is 1. The average Bonchev–Trinajstić information content (AvgIpc) is 2.15. The van der Waals surface area contributed by atoms with Crippen LogP contribution in [0.3, 0.4) is 0 Å². The summed E-state index contributed by atoms with van der Waals surface area (Å²) in [5, 5.41) is 15.9. The van der Waals surface area contributed by atoms with Gasteiger partial charge < -0.3 is 20.6 Å². The van der Waals surface area contributed by atoms with E-state index in [0.29, 0.717) is 19.4 Å². The molecular weight excluding hydrogens is 182 g/mol. The van der Waals surface area contributed by atoms with Crippen LogP contribution in [-0.4, -0.2) is 55.4 Å². The third-order valence-electron chi connectivity index (χ3n) is 2.51. The Balaban J connectivity index is 2.32. The predicted molar refractivity (Wildman–Crippen MR) is 54.1 cm³/mol. The Morgan fingerprint density at radius 2 is 2.07 bits per heavy atom. The van der Waals surface area contributed by atoms with E-state index in [2.05, 4.69) is 10.6 Å². The second-order valence-corrected chi connectivity index (χ2v) is 4.03. The number of amides is 2. The molecular formula is C9H19N3O2. The van der Waals surface area contributed by atoms with Crippen molar-refractivity contribution in [2.75, 3.05) is 33.7 Å². The van der Waals surface area contributed by atoms with E-state index < -0.39 is 5.60 Å². The van der Waals surface area contributed by atoms with Gasteiger partial charge in [-0.05, 0) is 25.9 Å². The number of nitrogens with one attached hydrogen (secondary N) is 2. The average molecular weight is 201 g/mol. The number of hydrogen-bond acceptors (Lipinski definition) is 3. The Morgan fingerprint density at radius 3 is 2.57 bits per heavy atom. The molecule has 1 heterocycles. The molecule has 2 amide bonds. The number of urea groups is 1. The summed E-state index contributed by atoms with van der Waals surface area (Å²) in [6.07, 6.45) is 1.39. The quantitative estimate of drug-likeness (QED) is 0.557. The van der Waals surface area contributed by atoms with E-state index in [1.807, 2.05) is 0 Å². The van der Waals surface area contributed by atoms with Gasteiger partial charge in [-0.25, -0.2) is 4.79 Å². The monoisotopic (exact) mass is 201 g/mol. The smallest absolute Gasteiger partial charge is 0.316 e.